The lowest BCUT2D eigenvalue weighted by molar-refractivity contribution is 0.0995. The minimum atomic E-state index is -0.745. The molecule has 0 unspecified atom stereocenters. The van der Waals surface area contributed by atoms with Crippen molar-refractivity contribution < 1.29 is 4.79 Å². The van der Waals surface area contributed by atoms with Crippen molar-refractivity contribution in [3.63, 3.8) is 0 Å². The predicted octanol–water partition coefficient (Wildman–Crippen LogP) is 0.882. The second-order valence-electron chi connectivity index (χ2n) is 1.70. The summed E-state index contributed by atoms with van der Waals surface area (Å²) in [5.74, 6) is -0.745. The van der Waals surface area contributed by atoms with Gasteiger partial charge in [-0.2, -0.15) is 0 Å². The Bertz CT molecular complexity index is 302. The second-order valence-corrected chi connectivity index (χ2v) is 2.44. The number of amides is 1. The highest BCUT2D eigenvalue weighted by Gasteiger charge is 2.09. The Morgan fingerprint density at radius 2 is 2.18 bits per heavy atom. The summed E-state index contributed by atoms with van der Waals surface area (Å²) in [4.78, 5) is 17.7. The molecule has 11 heavy (non-hydrogen) atoms. The van der Waals surface area contributed by atoms with E-state index < -0.39 is 5.91 Å². The van der Waals surface area contributed by atoms with E-state index in [4.69, 9.17) is 28.9 Å². The number of aromatic nitrogens is 2. The summed E-state index contributed by atoms with van der Waals surface area (Å²) in [6.07, 6.45) is 1.23. The van der Waals surface area contributed by atoms with Crippen molar-refractivity contribution in [2.45, 2.75) is 0 Å². The third kappa shape index (κ3) is 1.78. The molecule has 0 fully saturated rings. The molecular formula is C5H3Cl2N3O. The monoisotopic (exact) mass is 191 g/mol. The SMILES string of the molecule is NC(=O)c1nc(Cl)cnc1Cl. The minimum absolute atomic E-state index is 0.0399. The van der Waals surface area contributed by atoms with Gasteiger partial charge in [-0.1, -0.05) is 23.2 Å². The predicted molar refractivity (Wildman–Crippen MR) is 40.6 cm³/mol. The number of halogens is 2. The van der Waals surface area contributed by atoms with E-state index >= 15 is 0 Å². The number of nitrogens with zero attached hydrogens (tertiary/aromatic N) is 2. The van der Waals surface area contributed by atoms with E-state index in [1.807, 2.05) is 0 Å². The minimum Gasteiger partial charge on any atom is -0.364 e. The van der Waals surface area contributed by atoms with E-state index in [1.165, 1.54) is 6.20 Å². The van der Waals surface area contributed by atoms with Crippen LogP contribution in [0.4, 0.5) is 0 Å². The van der Waals surface area contributed by atoms with Gasteiger partial charge in [0, 0.05) is 0 Å². The fourth-order valence-electron chi connectivity index (χ4n) is 0.510. The number of hydrogen-bond acceptors (Lipinski definition) is 3. The van der Waals surface area contributed by atoms with Gasteiger partial charge in [0.2, 0.25) is 0 Å². The third-order valence-corrected chi connectivity index (χ3v) is 1.39. The van der Waals surface area contributed by atoms with Crippen LogP contribution in [-0.2, 0) is 0 Å². The van der Waals surface area contributed by atoms with E-state index in [0.717, 1.165) is 0 Å². The maximum Gasteiger partial charge on any atom is 0.270 e. The molecule has 1 rings (SSSR count). The summed E-state index contributed by atoms with van der Waals surface area (Å²) in [5.41, 5.74) is 4.79. The van der Waals surface area contributed by atoms with Crippen molar-refractivity contribution in [3.8, 4) is 0 Å². The van der Waals surface area contributed by atoms with Crippen LogP contribution >= 0.6 is 23.2 Å². The smallest absolute Gasteiger partial charge is 0.270 e. The molecule has 0 atom stereocenters. The van der Waals surface area contributed by atoms with Crippen LogP contribution in [0.1, 0.15) is 10.5 Å². The largest absolute Gasteiger partial charge is 0.364 e. The first-order valence-corrected chi connectivity index (χ1v) is 3.34. The zero-order valence-corrected chi connectivity index (χ0v) is 6.73. The van der Waals surface area contributed by atoms with Gasteiger partial charge in [0.1, 0.15) is 5.15 Å². The summed E-state index contributed by atoms with van der Waals surface area (Å²) in [6, 6.07) is 0. The first kappa shape index (κ1) is 8.23. The molecule has 1 heterocycles. The maximum atomic E-state index is 10.6. The van der Waals surface area contributed by atoms with Gasteiger partial charge in [0.05, 0.1) is 6.20 Å². The number of nitrogens with two attached hydrogens (primary N) is 1. The molecule has 1 aromatic rings. The lowest BCUT2D eigenvalue weighted by Gasteiger charge is -1.96. The Balaban J connectivity index is 3.23. The molecule has 4 nitrogen and oxygen atoms in total. The molecule has 0 spiro atoms. The molecule has 1 amide bonds. The highest BCUT2D eigenvalue weighted by atomic mass is 35.5. The Morgan fingerprint density at radius 3 is 2.64 bits per heavy atom. The van der Waals surface area contributed by atoms with Gasteiger partial charge in [-0.05, 0) is 0 Å². The maximum absolute atomic E-state index is 10.6. The van der Waals surface area contributed by atoms with E-state index in [2.05, 4.69) is 9.97 Å². The first-order valence-electron chi connectivity index (χ1n) is 2.59. The summed E-state index contributed by atoms with van der Waals surface area (Å²) in [7, 11) is 0. The quantitative estimate of drug-likeness (QED) is 0.717. The molecule has 0 bridgehead atoms. The van der Waals surface area contributed by atoms with Crippen molar-refractivity contribution in [3.05, 3.63) is 22.2 Å². The number of carbonyl (C=O) groups is 1. The van der Waals surface area contributed by atoms with E-state index in [-0.39, 0.29) is 16.0 Å². The molecule has 0 saturated carbocycles. The van der Waals surface area contributed by atoms with Crippen LogP contribution in [0.15, 0.2) is 6.20 Å². The van der Waals surface area contributed by atoms with Crippen molar-refractivity contribution >= 4 is 29.1 Å². The molecule has 0 aliphatic rings. The van der Waals surface area contributed by atoms with Gasteiger partial charge in [-0.25, -0.2) is 9.97 Å². The zero-order valence-electron chi connectivity index (χ0n) is 5.21. The Morgan fingerprint density at radius 1 is 1.55 bits per heavy atom. The number of hydrogen-bond donors (Lipinski definition) is 1. The van der Waals surface area contributed by atoms with Gasteiger partial charge in [-0.15, -0.1) is 0 Å². The van der Waals surface area contributed by atoms with Crippen LogP contribution in [0.5, 0.6) is 0 Å². The average molecular weight is 192 g/mol. The molecule has 0 aromatic carbocycles. The number of carbonyl (C=O) groups excluding carboxylic acids is 1. The van der Waals surface area contributed by atoms with Gasteiger partial charge < -0.3 is 5.73 Å². The van der Waals surface area contributed by atoms with Crippen molar-refractivity contribution in [1.29, 1.82) is 0 Å². The topological polar surface area (TPSA) is 68.9 Å². The molecule has 2 N–H and O–H groups in total. The van der Waals surface area contributed by atoms with Crippen LogP contribution in [0, 0.1) is 0 Å². The lowest BCUT2D eigenvalue weighted by Crippen LogP contribution is -2.14. The number of rotatable bonds is 1. The lowest BCUT2D eigenvalue weighted by atomic mass is 10.4. The second kappa shape index (κ2) is 3.02. The molecule has 0 aliphatic carbocycles. The van der Waals surface area contributed by atoms with Crippen LogP contribution in [0.3, 0.4) is 0 Å². The highest BCUT2D eigenvalue weighted by Crippen LogP contribution is 2.11. The third-order valence-electron chi connectivity index (χ3n) is 0.932. The van der Waals surface area contributed by atoms with Crippen molar-refractivity contribution in [1.82, 2.24) is 9.97 Å². The Kier molecular flexibility index (Phi) is 2.26. The van der Waals surface area contributed by atoms with E-state index in [9.17, 15) is 4.79 Å². The van der Waals surface area contributed by atoms with Gasteiger partial charge >= 0.3 is 0 Å². The molecule has 0 aliphatic heterocycles. The fraction of sp³-hybridized carbons (Fsp3) is 0. The molecule has 6 heteroatoms. The highest BCUT2D eigenvalue weighted by molar-refractivity contribution is 6.33. The fourth-order valence-corrected chi connectivity index (χ4v) is 0.827. The molecule has 0 saturated heterocycles. The summed E-state index contributed by atoms with van der Waals surface area (Å²) >= 11 is 10.9. The molecule has 1 aromatic heterocycles. The van der Waals surface area contributed by atoms with Crippen molar-refractivity contribution in [2.75, 3.05) is 0 Å². The van der Waals surface area contributed by atoms with Crippen LogP contribution in [0.2, 0.25) is 10.3 Å². The average Bonchev–Trinajstić information content (AvgIpc) is 1.94. The van der Waals surface area contributed by atoms with Gasteiger partial charge in [0.25, 0.3) is 5.91 Å². The van der Waals surface area contributed by atoms with E-state index in [1.54, 1.807) is 0 Å². The summed E-state index contributed by atoms with van der Waals surface area (Å²) < 4.78 is 0. The van der Waals surface area contributed by atoms with Crippen LogP contribution < -0.4 is 5.73 Å². The Labute approximate surface area is 72.3 Å². The van der Waals surface area contributed by atoms with Crippen molar-refractivity contribution in [2.24, 2.45) is 5.73 Å². The normalized spacial score (nSPS) is 9.64. The summed E-state index contributed by atoms with van der Waals surface area (Å²) in [6.45, 7) is 0. The zero-order chi connectivity index (χ0) is 8.43. The first-order chi connectivity index (χ1) is 5.11. The van der Waals surface area contributed by atoms with E-state index in [0.29, 0.717) is 0 Å². The van der Waals surface area contributed by atoms with Crippen LogP contribution in [0.25, 0.3) is 0 Å². The Hall–Kier alpha value is -0.870. The molecule has 58 valence electrons. The van der Waals surface area contributed by atoms with Crippen LogP contribution in [-0.4, -0.2) is 15.9 Å². The standard InChI is InChI=1S/C5H3Cl2N3O/c6-2-1-9-4(7)3(10-2)5(8)11/h1H,(H2,8,11). The summed E-state index contributed by atoms with van der Waals surface area (Å²) in [5, 5.41) is 0.0464. The van der Waals surface area contributed by atoms with Gasteiger partial charge in [0.15, 0.2) is 10.8 Å². The number of primary amides is 1. The molecular weight excluding hydrogens is 189 g/mol. The molecule has 0 radical (unpaired) electrons. The van der Waals surface area contributed by atoms with Gasteiger partial charge in [-0.3, -0.25) is 4.79 Å².